The highest BCUT2D eigenvalue weighted by Crippen LogP contribution is 2.38. The lowest BCUT2D eigenvalue weighted by Crippen LogP contribution is -2.42. The van der Waals surface area contributed by atoms with Gasteiger partial charge < -0.3 is 25.8 Å². The van der Waals surface area contributed by atoms with Crippen LogP contribution in [0.2, 0.25) is 0 Å². The molecule has 108 valence electrons. The molecule has 0 atom stereocenters. The van der Waals surface area contributed by atoms with Gasteiger partial charge in [0.15, 0.2) is 6.61 Å². The fourth-order valence-electron chi connectivity index (χ4n) is 2.63. The van der Waals surface area contributed by atoms with Crippen molar-refractivity contribution < 1.29 is 14.6 Å². The van der Waals surface area contributed by atoms with Crippen molar-refractivity contribution >= 4 is 23.0 Å². The molecule has 6 heteroatoms. The summed E-state index contributed by atoms with van der Waals surface area (Å²) in [4.78, 5) is 13.5. The van der Waals surface area contributed by atoms with E-state index in [1.807, 2.05) is 13.0 Å². The SMILES string of the molecule is CC1(O)CCN(c2cc3c(cc2N)OCC(=O)N3)CC1. The number of ether oxygens (including phenoxy) is 1. The monoisotopic (exact) mass is 277 g/mol. The minimum atomic E-state index is -0.600. The van der Waals surface area contributed by atoms with Crippen molar-refractivity contribution in [1.29, 1.82) is 0 Å². The molecule has 0 spiro atoms. The van der Waals surface area contributed by atoms with E-state index < -0.39 is 5.60 Å². The van der Waals surface area contributed by atoms with E-state index in [1.54, 1.807) is 6.07 Å². The van der Waals surface area contributed by atoms with Crippen LogP contribution < -0.4 is 20.7 Å². The molecular weight excluding hydrogens is 258 g/mol. The Hall–Kier alpha value is -1.95. The first-order chi connectivity index (χ1) is 9.44. The smallest absolute Gasteiger partial charge is 0.262 e. The Morgan fingerprint density at radius 1 is 1.40 bits per heavy atom. The quantitative estimate of drug-likeness (QED) is 0.665. The Labute approximate surface area is 117 Å². The van der Waals surface area contributed by atoms with Gasteiger partial charge in [0.25, 0.3) is 5.91 Å². The van der Waals surface area contributed by atoms with Gasteiger partial charge in [0.05, 0.1) is 22.7 Å². The molecule has 0 aliphatic carbocycles. The average molecular weight is 277 g/mol. The van der Waals surface area contributed by atoms with Gasteiger partial charge in [0, 0.05) is 19.2 Å². The van der Waals surface area contributed by atoms with Crippen molar-refractivity contribution in [2.75, 3.05) is 35.6 Å². The minimum absolute atomic E-state index is 0.0262. The molecule has 4 N–H and O–H groups in total. The lowest BCUT2D eigenvalue weighted by Gasteiger charge is -2.38. The Morgan fingerprint density at radius 3 is 2.80 bits per heavy atom. The molecule has 2 heterocycles. The Bertz CT molecular complexity index is 547. The standard InChI is InChI=1S/C14H19N3O3/c1-14(19)2-4-17(5-3-14)11-7-10-12(6-9(11)15)20-8-13(18)16-10/h6-7,19H,2-5,8,15H2,1H3,(H,16,18). The minimum Gasteiger partial charge on any atom is -0.482 e. The number of fused-ring (bicyclic) bond motifs is 1. The van der Waals surface area contributed by atoms with Gasteiger partial charge in [-0.25, -0.2) is 0 Å². The number of carbonyl (C=O) groups excluding carboxylic acids is 1. The Morgan fingerprint density at radius 2 is 2.10 bits per heavy atom. The predicted molar refractivity (Wildman–Crippen MR) is 77.0 cm³/mol. The second kappa shape index (κ2) is 4.56. The summed E-state index contributed by atoms with van der Waals surface area (Å²) in [6.07, 6.45) is 1.40. The number of hydrogen-bond donors (Lipinski definition) is 3. The van der Waals surface area contributed by atoms with Crippen molar-refractivity contribution in [2.24, 2.45) is 0 Å². The van der Waals surface area contributed by atoms with Crippen molar-refractivity contribution in [3.05, 3.63) is 12.1 Å². The second-order valence-corrected chi connectivity index (χ2v) is 5.73. The van der Waals surface area contributed by atoms with Gasteiger partial charge in [-0.15, -0.1) is 0 Å². The summed E-state index contributed by atoms with van der Waals surface area (Å²) in [6, 6.07) is 3.60. The summed E-state index contributed by atoms with van der Waals surface area (Å²) in [5, 5.41) is 12.8. The molecule has 1 aromatic carbocycles. The zero-order valence-electron chi connectivity index (χ0n) is 11.5. The molecule has 1 saturated heterocycles. The number of carbonyl (C=O) groups is 1. The summed E-state index contributed by atoms with van der Waals surface area (Å²) in [5.74, 6) is 0.449. The first-order valence-corrected chi connectivity index (χ1v) is 6.78. The molecule has 0 unspecified atom stereocenters. The number of rotatable bonds is 1. The summed E-state index contributed by atoms with van der Waals surface area (Å²) < 4.78 is 5.34. The largest absolute Gasteiger partial charge is 0.482 e. The van der Waals surface area contributed by atoms with Crippen LogP contribution in [0.4, 0.5) is 17.1 Å². The average Bonchev–Trinajstić information content (AvgIpc) is 2.39. The summed E-state index contributed by atoms with van der Waals surface area (Å²) in [7, 11) is 0. The number of benzene rings is 1. The molecule has 1 fully saturated rings. The van der Waals surface area contributed by atoms with Crippen LogP contribution >= 0.6 is 0 Å². The van der Waals surface area contributed by atoms with E-state index in [1.165, 1.54) is 0 Å². The van der Waals surface area contributed by atoms with Crippen molar-refractivity contribution in [3.8, 4) is 5.75 Å². The molecule has 1 amide bonds. The number of nitrogen functional groups attached to an aromatic ring is 1. The van der Waals surface area contributed by atoms with Crippen molar-refractivity contribution in [3.63, 3.8) is 0 Å². The van der Waals surface area contributed by atoms with Crippen LogP contribution in [0, 0.1) is 0 Å². The number of hydrogen-bond acceptors (Lipinski definition) is 5. The van der Waals surface area contributed by atoms with Crippen LogP contribution in [-0.4, -0.2) is 36.3 Å². The topological polar surface area (TPSA) is 87.8 Å². The van der Waals surface area contributed by atoms with Gasteiger partial charge >= 0.3 is 0 Å². The Balaban J connectivity index is 1.87. The molecule has 0 radical (unpaired) electrons. The number of nitrogens with zero attached hydrogens (tertiary/aromatic N) is 1. The first kappa shape index (κ1) is 13.1. The molecule has 0 saturated carbocycles. The van der Waals surface area contributed by atoms with Gasteiger partial charge in [-0.05, 0) is 25.8 Å². The maximum atomic E-state index is 11.4. The highest BCUT2D eigenvalue weighted by Gasteiger charge is 2.29. The van der Waals surface area contributed by atoms with E-state index in [2.05, 4.69) is 10.2 Å². The molecule has 3 rings (SSSR count). The van der Waals surface area contributed by atoms with Gasteiger partial charge in [-0.2, -0.15) is 0 Å². The second-order valence-electron chi connectivity index (χ2n) is 5.73. The molecule has 2 aliphatic heterocycles. The summed E-state index contributed by atoms with van der Waals surface area (Å²) in [6.45, 7) is 3.36. The number of anilines is 3. The van der Waals surface area contributed by atoms with Crippen LogP contribution in [0.5, 0.6) is 5.75 Å². The molecule has 6 nitrogen and oxygen atoms in total. The highest BCUT2D eigenvalue weighted by atomic mass is 16.5. The fraction of sp³-hybridized carbons (Fsp3) is 0.500. The van der Waals surface area contributed by atoms with Crippen LogP contribution in [0.15, 0.2) is 12.1 Å². The normalized spacial score (nSPS) is 20.9. The number of aliphatic hydroxyl groups is 1. The number of piperidine rings is 1. The summed E-state index contributed by atoms with van der Waals surface area (Å²) >= 11 is 0. The van der Waals surface area contributed by atoms with Crippen LogP contribution in [0.1, 0.15) is 19.8 Å². The van der Waals surface area contributed by atoms with E-state index in [0.29, 0.717) is 30.0 Å². The van der Waals surface area contributed by atoms with Gasteiger partial charge in [-0.3, -0.25) is 4.79 Å². The number of nitrogens with one attached hydrogen (secondary N) is 1. The maximum Gasteiger partial charge on any atom is 0.262 e. The third-order valence-corrected chi connectivity index (χ3v) is 3.94. The highest BCUT2D eigenvalue weighted by molar-refractivity contribution is 5.97. The van der Waals surface area contributed by atoms with Crippen molar-refractivity contribution in [2.45, 2.75) is 25.4 Å². The Kier molecular flexibility index (Phi) is 2.97. The number of amides is 1. The van der Waals surface area contributed by atoms with E-state index in [4.69, 9.17) is 10.5 Å². The van der Waals surface area contributed by atoms with Gasteiger partial charge in [0.1, 0.15) is 5.75 Å². The third kappa shape index (κ3) is 2.38. The van der Waals surface area contributed by atoms with E-state index in [9.17, 15) is 9.90 Å². The molecule has 0 bridgehead atoms. The lowest BCUT2D eigenvalue weighted by molar-refractivity contribution is -0.118. The maximum absolute atomic E-state index is 11.4. The predicted octanol–water partition coefficient (Wildman–Crippen LogP) is 0.951. The van der Waals surface area contributed by atoms with Crippen LogP contribution in [-0.2, 0) is 4.79 Å². The summed E-state index contributed by atoms with van der Waals surface area (Å²) in [5.41, 5.74) is 7.64. The van der Waals surface area contributed by atoms with Gasteiger partial charge in [-0.1, -0.05) is 0 Å². The van der Waals surface area contributed by atoms with Crippen LogP contribution in [0.25, 0.3) is 0 Å². The zero-order valence-corrected chi connectivity index (χ0v) is 11.5. The van der Waals surface area contributed by atoms with Crippen LogP contribution in [0.3, 0.4) is 0 Å². The van der Waals surface area contributed by atoms with E-state index in [0.717, 1.165) is 18.8 Å². The lowest BCUT2D eigenvalue weighted by atomic mass is 9.93. The molecule has 2 aliphatic rings. The number of nitrogens with two attached hydrogens (primary N) is 1. The van der Waals surface area contributed by atoms with Gasteiger partial charge in [0.2, 0.25) is 0 Å². The van der Waals surface area contributed by atoms with E-state index in [-0.39, 0.29) is 12.5 Å². The van der Waals surface area contributed by atoms with E-state index >= 15 is 0 Å². The molecule has 0 aromatic heterocycles. The first-order valence-electron chi connectivity index (χ1n) is 6.78. The molecule has 20 heavy (non-hydrogen) atoms. The molecular formula is C14H19N3O3. The van der Waals surface area contributed by atoms with Crippen molar-refractivity contribution in [1.82, 2.24) is 0 Å². The third-order valence-electron chi connectivity index (χ3n) is 3.94. The molecule has 1 aromatic rings. The zero-order chi connectivity index (χ0) is 14.3. The fourth-order valence-corrected chi connectivity index (χ4v) is 2.63.